The molecule has 0 aliphatic carbocycles. The second-order valence-corrected chi connectivity index (χ2v) is 8.74. The lowest BCUT2D eigenvalue weighted by Crippen LogP contribution is -2.29. The van der Waals surface area contributed by atoms with Crippen LogP contribution in [-0.4, -0.2) is 51.3 Å². The topological polar surface area (TPSA) is 75.9 Å². The van der Waals surface area contributed by atoms with E-state index in [9.17, 15) is 9.59 Å². The number of methoxy groups -OCH3 is 1. The average molecular weight is 433 g/mol. The number of hydrogen-bond acceptors (Lipinski definition) is 7. The first-order chi connectivity index (χ1) is 13.9. The van der Waals surface area contributed by atoms with Crippen molar-refractivity contribution in [1.29, 1.82) is 0 Å². The maximum absolute atomic E-state index is 13.1. The van der Waals surface area contributed by atoms with Crippen LogP contribution < -0.4 is 10.9 Å². The van der Waals surface area contributed by atoms with E-state index in [0.29, 0.717) is 58.3 Å². The van der Waals surface area contributed by atoms with Gasteiger partial charge in [-0.3, -0.25) is 18.9 Å². The summed E-state index contributed by atoms with van der Waals surface area (Å²) in [6.07, 6.45) is 3.97. The molecule has 0 unspecified atom stereocenters. The molecule has 2 aromatic heterocycles. The standard InChI is InChI=1S/C20H24N4O3S2/c1-13(2)12-21-17-14(18(25)23-8-5-4-7-16(23)22-17)11-15-19(26)24(20(28)29-15)9-6-10-27-3/h4-5,7-8,11,13,21H,6,9-10,12H2,1-3H3/b15-11+. The van der Waals surface area contributed by atoms with Gasteiger partial charge in [0, 0.05) is 33.0 Å². The van der Waals surface area contributed by atoms with Gasteiger partial charge < -0.3 is 10.1 Å². The van der Waals surface area contributed by atoms with Crippen molar-refractivity contribution in [2.45, 2.75) is 20.3 Å². The largest absolute Gasteiger partial charge is 0.385 e. The van der Waals surface area contributed by atoms with Gasteiger partial charge >= 0.3 is 0 Å². The van der Waals surface area contributed by atoms with Gasteiger partial charge in [0.1, 0.15) is 15.8 Å². The van der Waals surface area contributed by atoms with Gasteiger partial charge in [0.25, 0.3) is 11.5 Å². The number of ether oxygens (including phenoxy) is 1. The zero-order chi connectivity index (χ0) is 21.0. The lowest BCUT2D eigenvalue weighted by molar-refractivity contribution is -0.122. The number of thioether (sulfide) groups is 1. The lowest BCUT2D eigenvalue weighted by atomic mass is 10.2. The molecule has 0 saturated carbocycles. The van der Waals surface area contributed by atoms with Crippen LogP contribution in [0.4, 0.5) is 5.82 Å². The molecule has 2 aromatic rings. The number of rotatable bonds is 8. The van der Waals surface area contributed by atoms with Gasteiger partial charge in [0.15, 0.2) is 0 Å². The summed E-state index contributed by atoms with van der Waals surface area (Å²) in [5.74, 6) is 0.654. The van der Waals surface area contributed by atoms with E-state index in [1.165, 1.54) is 16.2 Å². The Morgan fingerprint density at radius 3 is 2.86 bits per heavy atom. The molecule has 154 valence electrons. The summed E-state index contributed by atoms with van der Waals surface area (Å²) in [6, 6.07) is 5.39. The maximum Gasteiger partial charge on any atom is 0.267 e. The zero-order valence-corrected chi connectivity index (χ0v) is 18.3. The van der Waals surface area contributed by atoms with Crippen LogP contribution in [0.3, 0.4) is 0 Å². The number of fused-ring (bicyclic) bond motifs is 1. The summed E-state index contributed by atoms with van der Waals surface area (Å²) in [5.41, 5.74) is 0.672. The Morgan fingerprint density at radius 1 is 1.34 bits per heavy atom. The molecule has 1 amide bonds. The van der Waals surface area contributed by atoms with E-state index in [0.717, 1.165) is 0 Å². The molecule has 9 heteroatoms. The second-order valence-electron chi connectivity index (χ2n) is 7.06. The van der Waals surface area contributed by atoms with E-state index in [4.69, 9.17) is 17.0 Å². The fraction of sp³-hybridized carbons (Fsp3) is 0.400. The molecule has 1 saturated heterocycles. The first kappa shape index (κ1) is 21.5. The number of carbonyl (C=O) groups excluding carboxylic acids is 1. The van der Waals surface area contributed by atoms with Crippen LogP contribution in [0, 0.1) is 5.92 Å². The number of carbonyl (C=O) groups is 1. The number of anilines is 1. The summed E-state index contributed by atoms with van der Waals surface area (Å²) in [7, 11) is 1.62. The Morgan fingerprint density at radius 2 is 2.14 bits per heavy atom. The average Bonchev–Trinajstić information content (AvgIpc) is 2.96. The third-order valence-electron chi connectivity index (χ3n) is 4.33. The van der Waals surface area contributed by atoms with Crippen molar-refractivity contribution in [3.8, 4) is 0 Å². The lowest BCUT2D eigenvalue weighted by Gasteiger charge is -2.14. The van der Waals surface area contributed by atoms with E-state index < -0.39 is 0 Å². The van der Waals surface area contributed by atoms with E-state index in [-0.39, 0.29) is 11.5 Å². The first-order valence-electron chi connectivity index (χ1n) is 9.42. The third-order valence-corrected chi connectivity index (χ3v) is 5.70. The molecule has 0 radical (unpaired) electrons. The molecule has 1 N–H and O–H groups in total. The summed E-state index contributed by atoms with van der Waals surface area (Å²) in [4.78, 5) is 32.5. The maximum atomic E-state index is 13.1. The highest BCUT2D eigenvalue weighted by Gasteiger charge is 2.32. The summed E-state index contributed by atoms with van der Waals surface area (Å²) >= 11 is 6.57. The Kier molecular flexibility index (Phi) is 7.05. The number of nitrogens with one attached hydrogen (secondary N) is 1. The SMILES string of the molecule is COCCCN1C(=O)/C(=C\c2c(NCC(C)C)nc3ccccn3c2=O)SC1=S. The van der Waals surface area contributed by atoms with E-state index >= 15 is 0 Å². The van der Waals surface area contributed by atoms with Gasteiger partial charge in [-0.2, -0.15) is 0 Å². The predicted octanol–water partition coefficient (Wildman–Crippen LogP) is 3.00. The molecule has 0 atom stereocenters. The van der Waals surface area contributed by atoms with Crippen molar-refractivity contribution in [1.82, 2.24) is 14.3 Å². The Bertz CT molecular complexity index is 1020. The van der Waals surface area contributed by atoms with Gasteiger partial charge in [-0.15, -0.1) is 0 Å². The van der Waals surface area contributed by atoms with Crippen LogP contribution in [0.2, 0.25) is 0 Å². The molecule has 1 fully saturated rings. The number of thiocarbonyl (C=S) groups is 1. The monoisotopic (exact) mass is 432 g/mol. The highest BCUT2D eigenvalue weighted by molar-refractivity contribution is 8.26. The molecular formula is C20H24N4O3S2. The van der Waals surface area contributed by atoms with Crippen LogP contribution >= 0.6 is 24.0 Å². The summed E-state index contributed by atoms with van der Waals surface area (Å²) < 4.78 is 7.02. The van der Waals surface area contributed by atoms with Crippen LogP contribution in [0.15, 0.2) is 34.1 Å². The van der Waals surface area contributed by atoms with Crippen molar-refractivity contribution in [2.24, 2.45) is 5.92 Å². The molecule has 0 aromatic carbocycles. The minimum Gasteiger partial charge on any atom is -0.385 e. The van der Waals surface area contributed by atoms with Crippen molar-refractivity contribution < 1.29 is 9.53 Å². The van der Waals surface area contributed by atoms with E-state index in [1.54, 1.807) is 36.4 Å². The minimum atomic E-state index is -0.230. The van der Waals surface area contributed by atoms with Crippen LogP contribution in [-0.2, 0) is 9.53 Å². The molecule has 29 heavy (non-hydrogen) atoms. The number of pyridine rings is 1. The van der Waals surface area contributed by atoms with Gasteiger partial charge in [-0.1, -0.05) is 43.9 Å². The van der Waals surface area contributed by atoms with Crippen LogP contribution in [0.5, 0.6) is 0 Å². The predicted molar refractivity (Wildman–Crippen MR) is 121 cm³/mol. The fourth-order valence-electron chi connectivity index (χ4n) is 2.86. The van der Waals surface area contributed by atoms with Gasteiger partial charge in [-0.05, 0) is 30.5 Å². The quantitative estimate of drug-likeness (QED) is 0.390. The molecule has 1 aliphatic heterocycles. The molecular weight excluding hydrogens is 408 g/mol. The normalized spacial score (nSPS) is 15.9. The number of hydrogen-bond donors (Lipinski definition) is 1. The smallest absolute Gasteiger partial charge is 0.267 e. The molecule has 3 rings (SSSR count). The van der Waals surface area contributed by atoms with Gasteiger partial charge in [0.05, 0.1) is 10.5 Å². The summed E-state index contributed by atoms with van der Waals surface area (Å²) in [5, 5.41) is 3.25. The summed E-state index contributed by atoms with van der Waals surface area (Å²) in [6.45, 7) is 5.85. The van der Waals surface area contributed by atoms with Crippen molar-refractivity contribution in [2.75, 3.05) is 32.1 Å². The Labute approximate surface area is 179 Å². The van der Waals surface area contributed by atoms with E-state index in [1.807, 2.05) is 6.07 Å². The van der Waals surface area contributed by atoms with Crippen molar-refractivity contribution in [3.05, 3.63) is 45.2 Å². The highest BCUT2D eigenvalue weighted by Crippen LogP contribution is 2.33. The molecule has 1 aliphatic rings. The van der Waals surface area contributed by atoms with Crippen LogP contribution in [0.25, 0.3) is 11.7 Å². The number of amides is 1. The Hall–Kier alpha value is -2.23. The molecule has 7 nitrogen and oxygen atoms in total. The second kappa shape index (κ2) is 9.51. The van der Waals surface area contributed by atoms with Gasteiger partial charge in [-0.25, -0.2) is 4.98 Å². The van der Waals surface area contributed by atoms with Crippen molar-refractivity contribution in [3.63, 3.8) is 0 Å². The number of nitrogens with zero attached hydrogens (tertiary/aromatic N) is 3. The molecule has 0 bridgehead atoms. The molecule has 3 heterocycles. The van der Waals surface area contributed by atoms with Crippen molar-refractivity contribution >= 4 is 51.7 Å². The highest BCUT2D eigenvalue weighted by atomic mass is 32.2. The van der Waals surface area contributed by atoms with Crippen LogP contribution in [0.1, 0.15) is 25.8 Å². The third kappa shape index (κ3) is 4.85. The minimum absolute atomic E-state index is 0.191. The van der Waals surface area contributed by atoms with E-state index in [2.05, 4.69) is 24.1 Å². The number of aromatic nitrogens is 2. The zero-order valence-electron chi connectivity index (χ0n) is 16.7. The first-order valence-corrected chi connectivity index (χ1v) is 10.6. The fourth-order valence-corrected chi connectivity index (χ4v) is 4.15. The van der Waals surface area contributed by atoms with Gasteiger partial charge in [0.2, 0.25) is 0 Å². The Balaban J connectivity index is 2.00. The molecule has 0 spiro atoms.